The van der Waals surface area contributed by atoms with Crippen LogP contribution in [0.3, 0.4) is 0 Å². The highest BCUT2D eigenvalue weighted by molar-refractivity contribution is 5.95. The average Bonchev–Trinajstić information content (AvgIpc) is 2.60. The summed E-state index contributed by atoms with van der Waals surface area (Å²) in [5.74, 6) is 0.771. The van der Waals surface area contributed by atoms with Crippen LogP contribution in [0.1, 0.15) is 43.6 Å². The lowest BCUT2D eigenvalue weighted by Gasteiger charge is -2.34. The molecule has 1 aliphatic rings. The van der Waals surface area contributed by atoms with Crippen molar-refractivity contribution in [2.24, 2.45) is 0 Å². The molecule has 1 fully saturated rings. The second kappa shape index (κ2) is 7.76. The van der Waals surface area contributed by atoms with E-state index in [0.717, 1.165) is 11.3 Å². The first-order valence-corrected chi connectivity index (χ1v) is 8.67. The second-order valence-electron chi connectivity index (χ2n) is 7.14. The molecule has 1 aliphatic heterocycles. The lowest BCUT2D eigenvalue weighted by atomic mass is 9.85. The molecule has 1 aromatic carbocycles. The van der Waals surface area contributed by atoms with Crippen LogP contribution in [0.2, 0.25) is 0 Å². The van der Waals surface area contributed by atoms with E-state index >= 15 is 0 Å². The smallest absolute Gasteiger partial charge is 0.409 e. The molecule has 0 saturated carbocycles. The number of nitrogens with zero attached hydrogens (tertiary/aromatic N) is 2. The van der Waals surface area contributed by atoms with E-state index in [0.29, 0.717) is 38.3 Å². The van der Waals surface area contributed by atoms with Crippen LogP contribution >= 0.6 is 0 Å². The molecule has 0 bridgehead atoms. The van der Waals surface area contributed by atoms with E-state index in [-0.39, 0.29) is 17.4 Å². The molecule has 0 spiro atoms. The zero-order valence-corrected chi connectivity index (χ0v) is 15.8. The summed E-state index contributed by atoms with van der Waals surface area (Å²) >= 11 is 0. The van der Waals surface area contributed by atoms with E-state index < -0.39 is 0 Å². The number of benzene rings is 1. The number of hydrogen-bond acceptors (Lipinski definition) is 4. The number of piperazine rings is 1. The fraction of sp³-hybridized carbons (Fsp3) is 0.579. The summed E-state index contributed by atoms with van der Waals surface area (Å²) in [5, 5.41) is 0. The molecule has 0 aliphatic carbocycles. The Bertz CT molecular complexity index is 629. The van der Waals surface area contributed by atoms with Gasteiger partial charge >= 0.3 is 6.09 Å². The molecule has 0 unspecified atom stereocenters. The molecule has 0 aromatic heterocycles. The third-order valence-corrected chi connectivity index (χ3v) is 4.35. The Morgan fingerprint density at radius 1 is 1.08 bits per heavy atom. The molecule has 138 valence electrons. The van der Waals surface area contributed by atoms with E-state index in [1.54, 1.807) is 29.9 Å². The molecule has 1 aromatic rings. The Hall–Kier alpha value is -2.24. The predicted octanol–water partition coefficient (Wildman–Crippen LogP) is 2.91. The van der Waals surface area contributed by atoms with E-state index in [1.807, 2.05) is 12.1 Å². The van der Waals surface area contributed by atoms with Crippen molar-refractivity contribution in [2.75, 3.05) is 39.9 Å². The maximum Gasteiger partial charge on any atom is 0.409 e. The van der Waals surface area contributed by atoms with Gasteiger partial charge in [-0.15, -0.1) is 0 Å². The fourth-order valence-corrected chi connectivity index (χ4v) is 2.92. The number of ether oxygens (including phenoxy) is 2. The van der Waals surface area contributed by atoms with Crippen LogP contribution in [0.15, 0.2) is 18.2 Å². The van der Waals surface area contributed by atoms with Gasteiger partial charge < -0.3 is 19.3 Å². The minimum Gasteiger partial charge on any atom is -0.496 e. The van der Waals surface area contributed by atoms with Gasteiger partial charge in [-0.3, -0.25) is 4.79 Å². The molecule has 0 atom stereocenters. The highest BCUT2D eigenvalue weighted by Crippen LogP contribution is 2.32. The van der Waals surface area contributed by atoms with Gasteiger partial charge in [-0.1, -0.05) is 20.8 Å². The van der Waals surface area contributed by atoms with Crippen LogP contribution in [0.4, 0.5) is 4.79 Å². The maximum absolute atomic E-state index is 12.8. The SMILES string of the molecule is CCOC(=O)N1CCN(C(=O)c2ccc(OC)c(C(C)(C)C)c2)CC1. The number of methoxy groups -OCH3 is 1. The number of amides is 2. The van der Waals surface area contributed by atoms with Crippen molar-refractivity contribution in [1.29, 1.82) is 0 Å². The van der Waals surface area contributed by atoms with Crippen LogP contribution in [-0.4, -0.2) is 61.7 Å². The third-order valence-electron chi connectivity index (χ3n) is 4.35. The van der Waals surface area contributed by atoms with Crippen LogP contribution in [0.5, 0.6) is 5.75 Å². The Kier molecular flexibility index (Phi) is 5.93. The van der Waals surface area contributed by atoms with E-state index in [9.17, 15) is 9.59 Å². The Morgan fingerprint density at radius 2 is 1.68 bits per heavy atom. The number of carbonyl (C=O) groups is 2. The predicted molar refractivity (Wildman–Crippen MR) is 96.2 cm³/mol. The largest absolute Gasteiger partial charge is 0.496 e. The lowest BCUT2D eigenvalue weighted by molar-refractivity contribution is 0.0570. The zero-order chi connectivity index (χ0) is 18.6. The molecule has 2 rings (SSSR count). The van der Waals surface area contributed by atoms with Gasteiger partial charge in [-0.05, 0) is 30.5 Å². The minimum atomic E-state index is -0.311. The summed E-state index contributed by atoms with van der Waals surface area (Å²) in [7, 11) is 1.64. The monoisotopic (exact) mass is 348 g/mol. The zero-order valence-electron chi connectivity index (χ0n) is 15.8. The first-order chi connectivity index (χ1) is 11.8. The summed E-state index contributed by atoms with van der Waals surface area (Å²) in [6.45, 7) is 10.4. The number of rotatable bonds is 3. The highest BCUT2D eigenvalue weighted by Gasteiger charge is 2.27. The van der Waals surface area contributed by atoms with Crippen molar-refractivity contribution in [2.45, 2.75) is 33.1 Å². The molecular weight excluding hydrogens is 320 g/mol. The van der Waals surface area contributed by atoms with Crippen molar-refractivity contribution >= 4 is 12.0 Å². The standard InChI is InChI=1S/C19H28N2O4/c1-6-25-18(23)21-11-9-20(10-12-21)17(22)14-7-8-16(24-5)15(13-14)19(2,3)4/h7-8,13H,6,9-12H2,1-5H3. The fourth-order valence-electron chi connectivity index (χ4n) is 2.92. The second-order valence-corrected chi connectivity index (χ2v) is 7.14. The Balaban J connectivity index is 2.10. The van der Waals surface area contributed by atoms with Crippen LogP contribution < -0.4 is 4.74 Å². The minimum absolute atomic E-state index is 0.0170. The maximum atomic E-state index is 12.8. The molecule has 0 radical (unpaired) electrons. The van der Waals surface area contributed by atoms with E-state index in [1.165, 1.54) is 0 Å². The van der Waals surface area contributed by atoms with Crippen molar-refractivity contribution < 1.29 is 19.1 Å². The quantitative estimate of drug-likeness (QED) is 0.843. The van der Waals surface area contributed by atoms with Gasteiger partial charge in [-0.2, -0.15) is 0 Å². The van der Waals surface area contributed by atoms with Gasteiger partial charge in [-0.25, -0.2) is 4.79 Å². The van der Waals surface area contributed by atoms with Gasteiger partial charge in [0.1, 0.15) is 5.75 Å². The van der Waals surface area contributed by atoms with E-state index in [2.05, 4.69) is 20.8 Å². The highest BCUT2D eigenvalue weighted by atomic mass is 16.6. The van der Waals surface area contributed by atoms with Gasteiger partial charge in [0.2, 0.25) is 0 Å². The van der Waals surface area contributed by atoms with Gasteiger partial charge in [0.25, 0.3) is 5.91 Å². The van der Waals surface area contributed by atoms with Gasteiger partial charge in [0.15, 0.2) is 0 Å². The summed E-state index contributed by atoms with van der Waals surface area (Å²) in [5.41, 5.74) is 1.53. The first-order valence-electron chi connectivity index (χ1n) is 8.67. The summed E-state index contributed by atoms with van der Waals surface area (Å²) in [4.78, 5) is 28.0. The Morgan fingerprint density at radius 3 is 2.20 bits per heavy atom. The van der Waals surface area contributed by atoms with Crippen LogP contribution in [0.25, 0.3) is 0 Å². The normalized spacial score (nSPS) is 15.1. The van der Waals surface area contributed by atoms with Crippen LogP contribution in [0, 0.1) is 0 Å². The Labute approximate surface area is 149 Å². The summed E-state index contributed by atoms with van der Waals surface area (Å²) < 4.78 is 10.4. The molecular formula is C19H28N2O4. The molecule has 25 heavy (non-hydrogen) atoms. The van der Waals surface area contributed by atoms with Crippen molar-refractivity contribution in [3.8, 4) is 5.75 Å². The topological polar surface area (TPSA) is 59.1 Å². The molecule has 6 heteroatoms. The number of carbonyl (C=O) groups excluding carboxylic acids is 2. The summed E-state index contributed by atoms with van der Waals surface area (Å²) in [6, 6.07) is 5.57. The van der Waals surface area contributed by atoms with Crippen molar-refractivity contribution in [1.82, 2.24) is 9.80 Å². The van der Waals surface area contributed by atoms with E-state index in [4.69, 9.17) is 9.47 Å². The van der Waals surface area contributed by atoms with Gasteiger partial charge in [0.05, 0.1) is 13.7 Å². The van der Waals surface area contributed by atoms with Crippen molar-refractivity contribution in [3.05, 3.63) is 29.3 Å². The molecule has 1 heterocycles. The van der Waals surface area contributed by atoms with Gasteiger partial charge in [0, 0.05) is 37.3 Å². The van der Waals surface area contributed by atoms with Crippen LogP contribution in [-0.2, 0) is 10.2 Å². The molecule has 1 saturated heterocycles. The first kappa shape index (κ1) is 19.1. The third kappa shape index (κ3) is 4.44. The van der Waals surface area contributed by atoms with Crippen molar-refractivity contribution in [3.63, 3.8) is 0 Å². The summed E-state index contributed by atoms with van der Waals surface area (Å²) in [6.07, 6.45) is -0.311. The average molecular weight is 348 g/mol. The molecule has 2 amide bonds. The lowest BCUT2D eigenvalue weighted by Crippen LogP contribution is -2.50. The molecule has 6 nitrogen and oxygen atoms in total. The molecule has 0 N–H and O–H groups in total. The number of hydrogen-bond donors (Lipinski definition) is 0.